The smallest absolute Gasteiger partial charge is 0.221 e. The molecule has 0 spiro atoms. The van der Waals surface area contributed by atoms with Crippen molar-refractivity contribution in [3.8, 4) is 0 Å². The van der Waals surface area contributed by atoms with Crippen LogP contribution in [0.3, 0.4) is 0 Å². The zero-order chi connectivity index (χ0) is 15.7. The Bertz CT molecular complexity index is 483. The quantitative estimate of drug-likeness (QED) is 0.550. The summed E-state index contributed by atoms with van der Waals surface area (Å²) in [5.74, 6) is 0.752. The molecule has 5 heteroatoms. The van der Waals surface area contributed by atoms with E-state index in [1.165, 1.54) is 11.1 Å². The van der Waals surface area contributed by atoms with Crippen LogP contribution in [0.15, 0.2) is 29.3 Å². The third-order valence-corrected chi connectivity index (χ3v) is 3.03. The molecule has 0 saturated heterocycles. The lowest BCUT2D eigenvalue weighted by atomic mass is 10.1. The standard InChI is InChI=1S/C16H26N4O/c1-12(2)20-15(21)9-10-18-16(17-4)19-11-14-8-6-5-7-13(14)3/h5-8,12H,9-11H2,1-4H3,(H,20,21)(H2,17,18,19). The molecule has 116 valence electrons. The van der Waals surface area contributed by atoms with Gasteiger partial charge in [0, 0.05) is 32.6 Å². The van der Waals surface area contributed by atoms with Gasteiger partial charge in [0.05, 0.1) is 0 Å². The molecular formula is C16H26N4O. The second kappa shape index (κ2) is 9.00. The van der Waals surface area contributed by atoms with Crippen LogP contribution in [0.5, 0.6) is 0 Å². The minimum atomic E-state index is 0.0480. The van der Waals surface area contributed by atoms with Crippen molar-refractivity contribution in [2.75, 3.05) is 13.6 Å². The average Bonchev–Trinajstić information content (AvgIpc) is 2.43. The topological polar surface area (TPSA) is 65.5 Å². The number of aryl methyl sites for hydroxylation is 1. The fraction of sp³-hybridized carbons (Fsp3) is 0.500. The summed E-state index contributed by atoms with van der Waals surface area (Å²) in [5, 5.41) is 9.25. The first-order valence-electron chi connectivity index (χ1n) is 7.31. The van der Waals surface area contributed by atoms with Crippen molar-refractivity contribution in [2.24, 2.45) is 4.99 Å². The van der Waals surface area contributed by atoms with E-state index in [9.17, 15) is 4.79 Å². The molecule has 1 aromatic carbocycles. The van der Waals surface area contributed by atoms with Crippen molar-refractivity contribution in [1.82, 2.24) is 16.0 Å². The van der Waals surface area contributed by atoms with E-state index in [0.717, 1.165) is 0 Å². The van der Waals surface area contributed by atoms with Crippen molar-refractivity contribution < 1.29 is 4.79 Å². The number of carbonyl (C=O) groups is 1. The van der Waals surface area contributed by atoms with Crippen molar-refractivity contribution in [1.29, 1.82) is 0 Å². The molecule has 5 nitrogen and oxygen atoms in total. The fourth-order valence-electron chi connectivity index (χ4n) is 1.90. The van der Waals surface area contributed by atoms with Crippen molar-refractivity contribution in [3.63, 3.8) is 0 Å². The lowest BCUT2D eigenvalue weighted by Crippen LogP contribution is -2.39. The lowest BCUT2D eigenvalue weighted by Gasteiger charge is -2.13. The molecule has 0 aliphatic heterocycles. The Morgan fingerprint density at radius 2 is 1.95 bits per heavy atom. The minimum Gasteiger partial charge on any atom is -0.356 e. The maximum Gasteiger partial charge on any atom is 0.221 e. The molecule has 0 heterocycles. The number of benzene rings is 1. The number of rotatable bonds is 6. The molecule has 0 bridgehead atoms. The summed E-state index contributed by atoms with van der Waals surface area (Å²) >= 11 is 0. The van der Waals surface area contributed by atoms with E-state index in [1.54, 1.807) is 7.05 Å². The van der Waals surface area contributed by atoms with Gasteiger partial charge >= 0.3 is 0 Å². The maximum atomic E-state index is 11.5. The van der Waals surface area contributed by atoms with E-state index < -0.39 is 0 Å². The van der Waals surface area contributed by atoms with Gasteiger partial charge in [-0.1, -0.05) is 24.3 Å². The number of hydrogen-bond donors (Lipinski definition) is 3. The van der Waals surface area contributed by atoms with Gasteiger partial charge in [-0.25, -0.2) is 0 Å². The summed E-state index contributed by atoms with van der Waals surface area (Å²) in [7, 11) is 1.72. The molecule has 0 fully saturated rings. The number of nitrogens with zero attached hydrogens (tertiary/aromatic N) is 1. The van der Waals surface area contributed by atoms with Gasteiger partial charge in [0.1, 0.15) is 0 Å². The van der Waals surface area contributed by atoms with E-state index in [4.69, 9.17) is 0 Å². The van der Waals surface area contributed by atoms with Crippen LogP contribution in [-0.4, -0.2) is 31.5 Å². The Balaban J connectivity index is 2.33. The molecule has 0 atom stereocenters. The Hall–Kier alpha value is -2.04. The van der Waals surface area contributed by atoms with Crippen molar-refractivity contribution >= 4 is 11.9 Å². The first kappa shape index (κ1) is 17.0. The molecule has 0 aliphatic rings. The molecule has 0 saturated carbocycles. The van der Waals surface area contributed by atoms with Crippen LogP contribution in [0, 0.1) is 6.92 Å². The second-order valence-corrected chi connectivity index (χ2v) is 5.25. The number of carbonyl (C=O) groups excluding carboxylic acids is 1. The maximum absolute atomic E-state index is 11.5. The second-order valence-electron chi connectivity index (χ2n) is 5.25. The summed E-state index contributed by atoms with van der Waals surface area (Å²) in [6, 6.07) is 8.40. The third kappa shape index (κ3) is 6.79. The predicted molar refractivity (Wildman–Crippen MR) is 87.3 cm³/mol. The molecule has 1 rings (SSSR count). The lowest BCUT2D eigenvalue weighted by molar-refractivity contribution is -0.121. The molecular weight excluding hydrogens is 264 g/mol. The Kier molecular flexibility index (Phi) is 7.29. The van der Waals surface area contributed by atoms with Gasteiger partial charge in [0.25, 0.3) is 0 Å². The molecule has 0 unspecified atom stereocenters. The third-order valence-electron chi connectivity index (χ3n) is 3.03. The number of guanidine groups is 1. The SMILES string of the molecule is CN=C(NCCC(=O)NC(C)C)NCc1ccccc1C. The summed E-state index contributed by atoms with van der Waals surface area (Å²) in [6.45, 7) is 7.27. The first-order chi connectivity index (χ1) is 10.0. The fourth-order valence-corrected chi connectivity index (χ4v) is 1.90. The molecule has 1 amide bonds. The van der Waals surface area contributed by atoms with Gasteiger partial charge in [0.2, 0.25) is 5.91 Å². The highest BCUT2D eigenvalue weighted by molar-refractivity contribution is 5.81. The van der Waals surface area contributed by atoms with E-state index in [-0.39, 0.29) is 11.9 Å². The number of hydrogen-bond acceptors (Lipinski definition) is 2. The van der Waals surface area contributed by atoms with Crippen molar-refractivity contribution in [3.05, 3.63) is 35.4 Å². The monoisotopic (exact) mass is 290 g/mol. The molecule has 1 aromatic rings. The molecule has 3 N–H and O–H groups in total. The molecule has 0 aromatic heterocycles. The van der Waals surface area contributed by atoms with Gasteiger partial charge in [-0.15, -0.1) is 0 Å². The van der Waals surface area contributed by atoms with E-state index >= 15 is 0 Å². The highest BCUT2D eigenvalue weighted by Gasteiger charge is 2.04. The van der Waals surface area contributed by atoms with Gasteiger partial charge < -0.3 is 16.0 Å². The highest BCUT2D eigenvalue weighted by atomic mass is 16.1. The van der Waals surface area contributed by atoms with Gasteiger partial charge in [-0.05, 0) is 31.9 Å². The van der Waals surface area contributed by atoms with Crippen molar-refractivity contribution in [2.45, 2.75) is 39.8 Å². The summed E-state index contributed by atoms with van der Waals surface area (Å²) < 4.78 is 0. The Morgan fingerprint density at radius 1 is 1.24 bits per heavy atom. The van der Waals surface area contributed by atoms with Gasteiger partial charge in [-0.3, -0.25) is 9.79 Å². The summed E-state index contributed by atoms with van der Waals surface area (Å²) in [5.41, 5.74) is 2.48. The molecule has 0 aliphatic carbocycles. The van der Waals surface area contributed by atoms with Gasteiger partial charge in [0.15, 0.2) is 5.96 Å². The minimum absolute atomic E-state index is 0.0480. The number of amides is 1. The van der Waals surface area contributed by atoms with Gasteiger partial charge in [-0.2, -0.15) is 0 Å². The summed E-state index contributed by atoms with van der Waals surface area (Å²) in [6.07, 6.45) is 0.434. The number of nitrogens with one attached hydrogen (secondary N) is 3. The van der Waals surface area contributed by atoms with Crippen LogP contribution < -0.4 is 16.0 Å². The Morgan fingerprint density at radius 3 is 2.57 bits per heavy atom. The van der Waals surface area contributed by atoms with Crippen LogP contribution in [-0.2, 0) is 11.3 Å². The summed E-state index contributed by atoms with van der Waals surface area (Å²) in [4.78, 5) is 15.7. The average molecular weight is 290 g/mol. The van der Waals surface area contributed by atoms with Crippen LogP contribution in [0.4, 0.5) is 0 Å². The van der Waals surface area contributed by atoms with Crippen LogP contribution in [0.2, 0.25) is 0 Å². The van der Waals surface area contributed by atoms with E-state index in [2.05, 4.69) is 40.0 Å². The molecule has 21 heavy (non-hydrogen) atoms. The van der Waals surface area contributed by atoms with Crippen LogP contribution in [0.1, 0.15) is 31.4 Å². The molecule has 0 radical (unpaired) electrons. The predicted octanol–water partition coefficient (Wildman–Crippen LogP) is 1.57. The largest absolute Gasteiger partial charge is 0.356 e. The zero-order valence-electron chi connectivity index (χ0n) is 13.4. The highest BCUT2D eigenvalue weighted by Crippen LogP contribution is 2.05. The Labute approximate surface area is 127 Å². The van der Waals surface area contributed by atoms with Crippen LogP contribution >= 0.6 is 0 Å². The zero-order valence-corrected chi connectivity index (χ0v) is 13.4. The number of aliphatic imine (C=N–C) groups is 1. The van der Waals surface area contributed by atoms with E-state index in [0.29, 0.717) is 25.5 Å². The first-order valence-corrected chi connectivity index (χ1v) is 7.31. The van der Waals surface area contributed by atoms with E-state index in [1.807, 2.05) is 26.0 Å². The van der Waals surface area contributed by atoms with Crippen LogP contribution in [0.25, 0.3) is 0 Å². The normalized spacial score (nSPS) is 11.4.